The molecule has 2 aromatic carbocycles. The molecule has 1 aliphatic rings. The number of hydrogen-bond acceptors (Lipinski definition) is 8. The van der Waals surface area contributed by atoms with E-state index in [4.69, 9.17) is 31.2 Å². The lowest BCUT2D eigenvalue weighted by Gasteiger charge is -2.37. The van der Waals surface area contributed by atoms with Crippen LogP contribution in [0.15, 0.2) is 70.3 Å². The number of aliphatic carboxylic acids is 1. The smallest absolute Gasteiger partial charge is 0.475 e. The summed E-state index contributed by atoms with van der Waals surface area (Å²) in [7, 11) is 0. The van der Waals surface area contributed by atoms with Crippen LogP contribution in [0.2, 0.25) is 0 Å². The Kier molecular flexibility index (Phi) is 10.5. The Hall–Kier alpha value is -4.72. The van der Waals surface area contributed by atoms with Gasteiger partial charge in [0.15, 0.2) is 0 Å². The van der Waals surface area contributed by atoms with Crippen LogP contribution in [0.1, 0.15) is 52.5 Å². The number of halogens is 4. The minimum Gasteiger partial charge on any atom is -0.475 e. The Labute approximate surface area is 267 Å². The number of alkyl halides is 3. The van der Waals surface area contributed by atoms with Gasteiger partial charge in [0.05, 0.1) is 35.5 Å². The number of nitrogens with one attached hydrogen (secondary N) is 1. The number of amidine groups is 1. The third-order valence-electron chi connectivity index (χ3n) is 7.07. The summed E-state index contributed by atoms with van der Waals surface area (Å²) in [6.45, 7) is 8.49. The van der Waals surface area contributed by atoms with Gasteiger partial charge < -0.3 is 19.3 Å². The molecule has 15 heteroatoms. The molecule has 4 aromatic rings. The first-order chi connectivity index (χ1) is 21.8. The maximum atomic E-state index is 12.9. The summed E-state index contributed by atoms with van der Waals surface area (Å²) in [5.74, 6) is -1.79. The molecule has 11 nitrogen and oxygen atoms in total. The molecule has 0 bridgehead atoms. The lowest BCUT2D eigenvalue weighted by atomic mass is 9.93. The number of nitrogens with zero attached hydrogens (tertiary/aromatic N) is 6. The highest BCUT2D eigenvalue weighted by Crippen LogP contribution is 2.36. The summed E-state index contributed by atoms with van der Waals surface area (Å²) in [6.07, 6.45) is -2.31. The van der Waals surface area contributed by atoms with Gasteiger partial charge in [0.25, 0.3) is 0 Å². The molecule has 0 atom stereocenters. The zero-order chi connectivity index (χ0) is 33.6. The summed E-state index contributed by atoms with van der Waals surface area (Å²) in [4.78, 5) is 28.7. The van der Waals surface area contributed by atoms with Gasteiger partial charge >= 0.3 is 18.1 Å². The van der Waals surface area contributed by atoms with Crippen LogP contribution >= 0.6 is 11.6 Å². The fraction of sp³-hybridized carbons (Fsp3) is 0.355. The summed E-state index contributed by atoms with van der Waals surface area (Å²) in [6, 6.07) is 18.5. The zero-order valence-electron chi connectivity index (χ0n) is 25.6. The molecule has 0 unspecified atom stereocenters. The molecule has 2 aromatic heterocycles. The molecule has 0 saturated carbocycles. The fourth-order valence-electron chi connectivity index (χ4n) is 4.96. The summed E-state index contributed by atoms with van der Waals surface area (Å²) in [5, 5.41) is 23.3. The van der Waals surface area contributed by atoms with Crippen LogP contribution in [0.4, 0.5) is 13.2 Å². The van der Waals surface area contributed by atoms with Crippen LogP contribution in [-0.2, 0) is 20.9 Å². The molecule has 3 heterocycles. The Bertz CT molecular complexity index is 1750. The number of carbonyl (C=O) groups excluding carboxylic acids is 1. The van der Waals surface area contributed by atoms with Gasteiger partial charge in [-0.25, -0.2) is 9.59 Å². The lowest BCUT2D eigenvalue weighted by Crippen LogP contribution is -2.42. The number of aromatic nitrogens is 5. The van der Waals surface area contributed by atoms with E-state index in [1.807, 2.05) is 30.9 Å². The third-order valence-corrected chi connectivity index (χ3v) is 7.46. The van der Waals surface area contributed by atoms with E-state index in [1.165, 1.54) is 0 Å². The second-order valence-electron chi connectivity index (χ2n) is 10.8. The van der Waals surface area contributed by atoms with Crippen molar-refractivity contribution in [2.45, 2.75) is 65.2 Å². The van der Waals surface area contributed by atoms with E-state index >= 15 is 0 Å². The molecule has 46 heavy (non-hydrogen) atoms. The van der Waals surface area contributed by atoms with Crippen LogP contribution in [0.5, 0.6) is 0 Å². The third kappa shape index (κ3) is 7.56. The van der Waals surface area contributed by atoms with E-state index in [2.05, 4.69) is 74.6 Å². The minimum atomic E-state index is -5.08. The number of H-pyrrole nitrogens is 1. The van der Waals surface area contributed by atoms with Crippen molar-refractivity contribution in [2.24, 2.45) is 4.99 Å². The first kappa shape index (κ1) is 34.2. The molecule has 2 N–H and O–H groups in total. The van der Waals surface area contributed by atoms with Crippen molar-refractivity contribution in [1.29, 1.82) is 0 Å². The number of ether oxygens (including phenoxy) is 1. The highest BCUT2D eigenvalue weighted by Gasteiger charge is 2.40. The predicted octanol–water partition coefficient (Wildman–Crippen LogP) is 6.64. The molecule has 5 rings (SSSR count). The summed E-state index contributed by atoms with van der Waals surface area (Å²) >= 11 is 6.94. The van der Waals surface area contributed by atoms with Gasteiger partial charge in [-0.1, -0.05) is 55.3 Å². The van der Waals surface area contributed by atoms with Gasteiger partial charge in [0.1, 0.15) is 11.0 Å². The number of rotatable bonds is 9. The van der Waals surface area contributed by atoms with E-state index < -0.39 is 23.7 Å². The standard InChI is InChI=1S/C29H32ClN7O2.C2HF3O2/c1-5-7-12-24-31-29(3,4)25(28(38)39-6-2)26(30)36(24)18-19-13-15-21(16-14-19)37-22-11-9-8-10-20(22)17-23(37)27-32-34-35-33-27;3-2(4,5)1(6)7/h8-11,13-17H,5-7,12,18H2,1-4H3,(H,32,33,34,35);(H,6,7). The average molecular weight is 660 g/mol. The molecule has 0 fully saturated rings. The molecular formula is C31H33ClF3N7O4. The molecule has 0 amide bonds. The van der Waals surface area contributed by atoms with Crippen molar-refractivity contribution in [3.63, 3.8) is 0 Å². The van der Waals surface area contributed by atoms with E-state index in [1.54, 1.807) is 6.92 Å². The number of hydrogen-bond donors (Lipinski definition) is 2. The van der Waals surface area contributed by atoms with Gasteiger partial charge in [-0.2, -0.15) is 18.4 Å². The molecule has 0 aliphatic carbocycles. The summed E-state index contributed by atoms with van der Waals surface area (Å²) < 4.78 is 39.2. The summed E-state index contributed by atoms with van der Waals surface area (Å²) in [5.41, 5.74) is 3.49. The first-order valence-corrected chi connectivity index (χ1v) is 14.8. The number of carboxylic acids is 1. The van der Waals surface area contributed by atoms with Crippen LogP contribution in [0.25, 0.3) is 28.1 Å². The van der Waals surface area contributed by atoms with Crippen molar-refractivity contribution in [3.05, 3.63) is 70.9 Å². The second-order valence-corrected chi connectivity index (χ2v) is 11.1. The number of aromatic amines is 1. The van der Waals surface area contributed by atoms with E-state index in [-0.39, 0.29) is 6.61 Å². The van der Waals surface area contributed by atoms with E-state index in [0.717, 1.165) is 52.9 Å². The van der Waals surface area contributed by atoms with Crippen LogP contribution in [-0.4, -0.2) is 71.3 Å². The van der Waals surface area contributed by atoms with Crippen LogP contribution < -0.4 is 0 Å². The predicted molar refractivity (Wildman–Crippen MR) is 166 cm³/mol. The SMILES string of the molecule is CCCCC1=NC(C)(C)C(C(=O)OCC)=C(Cl)N1Cc1ccc(-n2c(-c3nn[nH]n3)cc3ccccc32)cc1.O=C(O)C(F)(F)F. The molecule has 0 radical (unpaired) electrons. The number of carboxylic acid groups (broad SMARTS) is 1. The number of carbonyl (C=O) groups is 2. The Balaban J connectivity index is 0.000000617. The number of benzene rings is 2. The zero-order valence-corrected chi connectivity index (χ0v) is 26.4. The normalized spacial score (nSPS) is 14.5. The van der Waals surface area contributed by atoms with Crippen LogP contribution in [0, 0.1) is 0 Å². The van der Waals surface area contributed by atoms with Gasteiger partial charge in [-0.05, 0) is 62.2 Å². The largest absolute Gasteiger partial charge is 0.490 e. The maximum Gasteiger partial charge on any atom is 0.490 e. The van der Waals surface area contributed by atoms with Gasteiger partial charge in [0.2, 0.25) is 5.82 Å². The number of unbranched alkanes of at least 4 members (excludes halogenated alkanes) is 1. The van der Waals surface area contributed by atoms with Crippen molar-refractivity contribution >= 4 is 40.3 Å². The monoisotopic (exact) mass is 659 g/mol. The quantitative estimate of drug-likeness (QED) is 0.151. The van der Waals surface area contributed by atoms with Crippen molar-refractivity contribution in [3.8, 4) is 17.2 Å². The van der Waals surface area contributed by atoms with Crippen molar-refractivity contribution in [1.82, 2.24) is 30.1 Å². The van der Waals surface area contributed by atoms with E-state index in [9.17, 15) is 18.0 Å². The second kappa shape index (κ2) is 14.1. The number of para-hydroxylation sites is 1. The Morgan fingerprint density at radius 2 is 1.76 bits per heavy atom. The highest BCUT2D eigenvalue weighted by atomic mass is 35.5. The number of aliphatic imine (C=N–C) groups is 1. The van der Waals surface area contributed by atoms with E-state index in [0.29, 0.717) is 23.1 Å². The molecular weight excluding hydrogens is 627 g/mol. The fourth-order valence-corrected chi connectivity index (χ4v) is 5.43. The van der Waals surface area contributed by atoms with Crippen molar-refractivity contribution < 1.29 is 32.6 Å². The van der Waals surface area contributed by atoms with Crippen LogP contribution in [0.3, 0.4) is 0 Å². The Morgan fingerprint density at radius 3 is 2.35 bits per heavy atom. The van der Waals surface area contributed by atoms with Gasteiger partial charge in [0, 0.05) is 17.5 Å². The topological polar surface area (TPSA) is 139 Å². The van der Waals surface area contributed by atoms with Crippen molar-refractivity contribution in [2.75, 3.05) is 6.61 Å². The number of esters is 1. The lowest BCUT2D eigenvalue weighted by molar-refractivity contribution is -0.192. The van der Waals surface area contributed by atoms with Gasteiger partial charge in [-0.3, -0.25) is 4.99 Å². The number of fused-ring (bicyclic) bond motifs is 1. The minimum absolute atomic E-state index is 0.274. The molecule has 0 saturated heterocycles. The average Bonchev–Trinajstić information content (AvgIpc) is 3.66. The molecule has 1 aliphatic heterocycles. The molecule has 0 spiro atoms. The Morgan fingerprint density at radius 1 is 1.09 bits per heavy atom. The van der Waals surface area contributed by atoms with Gasteiger partial charge in [-0.15, -0.1) is 10.2 Å². The molecule has 244 valence electrons. The number of tetrazole rings is 1. The first-order valence-electron chi connectivity index (χ1n) is 14.5. The highest BCUT2D eigenvalue weighted by molar-refractivity contribution is 6.33. The maximum absolute atomic E-state index is 12.9.